The smallest absolute Gasteiger partial charge is 0.192 e. The Bertz CT molecular complexity index is 661. The van der Waals surface area contributed by atoms with Gasteiger partial charge < -0.3 is 15.0 Å². The molecule has 0 saturated carbocycles. The zero-order valence-electron chi connectivity index (χ0n) is 10.9. The highest BCUT2D eigenvalue weighted by atomic mass is 32.1. The first-order valence-corrected chi connectivity index (χ1v) is 7.54. The number of aliphatic imine (C=N–C) groups is 1. The van der Waals surface area contributed by atoms with E-state index in [0.29, 0.717) is 0 Å². The number of hydrogen-bond acceptors (Lipinski definition) is 6. The highest BCUT2D eigenvalue weighted by Gasteiger charge is 2.24. The minimum absolute atomic E-state index is 0.772. The molecule has 0 radical (unpaired) electrons. The Morgan fingerprint density at radius 1 is 1.25 bits per heavy atom. The summed E-state index contributed by atoms with van der Waals surface area (Å²) in [4.78, 5) is 11.3. The molecule has 2 aliphatic heterocycles. The second kappa shape index (κ2) is 4.88. The van der Waals surface area contributed by atoms with Gasteiger partial charge in [0.1, 0.15) is 11.5 Å². The molecule has 1 N–H and O–H groups in total. The number of amidine groups is 1. The van der Waals surface area contributed by atoms with Crippen molar-refractivity contribution in [1.29, 1.82) is 0 Å². The quantitative estimate of drug-likeness (QED) is 0.807. The lowest BCUT2D eigenvalue weighted by molar-refractivity contribution is 0.358. The Morgan fingerprint density at radius 2 is 2.15 bits per heavy atom. The summed E-state index contributed by atoms with van der Waals surface area (Å²) in [5, 5.41) is 6.33. The number of nitrogens with zero attached hydrogens (tertiary/aromatic N) is 3. The molecule has 6 heteroatoms. The van der Waals surface area contributed by atoms with E-state index in [1.54, 1.807) is 23.7 Å². The van der Waals surface area contributed by atoms with Crippen LogP contribution in [-0.2, 0) is 0 Å². The van der Waals surface area contributed by atoms with Gasteiger partial charge in [-0.05, 0) is 11.4 Å². The van der Waals surface area contributed by atoms with E-state index in [0.717, 1.165) is 54.1 Å². The van der Waals surface area contributed by atoms with Gasteiger partial charge in [0.25, 0.3) is 0 Å². The van der Waals surface area contributed by atoms with Crippen molar-refractivity contribution in [2.45, 2.75) is 0 Å². The Balaban J connectivity index is 1.84. The van der Waals surface area contributed by atoms with Gasteiger partial charge in [-0.2, -0.15) is 0 Å². The third-order valence-electron chi connectivity index (χ3n) is 3.48. The number of rotatable bonds is 0. The average Bonchev–Trinajstić information content (AvgIpc) is 2.89. The van der Waals surface area contributed by atoms with E-state index in [9.17, 15) is 0 Å². The second-order valence-corrected chi connectivity index (χ2v) is 5.62. The number of nitrogens with one attached hydrogen (secondary N) is 1. The molecule has 2 aliphatic rings. The first-order chi connectivity index (χ1) is 9.92. The van der Waals surface area contributed by atoms with Crippen LogP contribution < -0.4 is 10.1 Å². The zero-order valence-corrected chi connectivity index (χ0v) is 11.7. The van der Waals surface area contributed by atoms with Crippen LogP contribution in [0.5, 0.6) is 10.8 Å². The van der Waals surface area contributed by atoms with E-state index >= 15 is 0 Å². The highest BCUT2D eigenvalue weighted by molar-refractivity contribution is 7.12. The van der Waals surface area contributed by atoms with Crippen LogP contribution in [-0.4, -0.2) is 41.9 Å². The predicted molar refractivity (Wildman–Crippen MR) is 79.3 cm³/mol. The number of ether oxygens (including phenoxy) is 1. The van der Waals surface area contributed by atoms with Crippen LogP contribution in [0.25, 0.3) is 0 Å². The topological polar surface area (TPSA) is 49.8 Å². The molecule has 2 aromatic rings. The number of pyridine rings is 1. The molecule has 0 unspecified atom stereocenters. The van der Waals surface area contributed by atoms with Gasteiger partial charge in [0.15, 0.2) is 10.8 Å². The molecule has 0 bridgehead atoms. The van der Waals surface area contributed by atoms with Gasteiger partial charge >= 0.3 is 0 Å². The molecule has 20 heavy (non-hydrogen) atoms. The number of hydrogen-bond donors (Lipinski definition) is 1. The minimum Gasteiger partial charge on any atom is -0.444 e. The molecule has 1 saturated heterocycles. The van der Waals surface area contributed by atoms with Gasteiger partial charge in [0.2, 0.25) is 0 Å². The van der Waals surface area contributed by atoms with Gasteiger partial charge in [-0.1, -0.05) is 0 Å². The van der Waals surface area contributed by atoms with Crippen LogP contribution >= 0.6 is 11.3 Å². The molecule has 0 spiro atoms. The maximum Gasteiger partial charge on any atom is 0.192 e. The summed E-state index contributed by atoms with van der Waals surface area (Å²) in [5.41, 5.74) is 1.87. The Kier molecular flexibility index (Phi) is 2.90. The minimum atomic E-state index is 0.772. The summed E-state index contributed by atoms with van der Waals surface area (Å²) in [7, 11) is 0. The van der Waals surface area contributed by atoms with Gasteiger partial charge in [0, 0.05) is 38.4 Å². The van der Waals surface area contributed by atoms with Crippen molar-refractivity contribution >= 4 is 22.9 Å². The molecule has 2 aromatic heterocycles. The van der Waals surface area contributed by atoms with Crippen molar-refractivity contribution < 1.29 is 4.74 Å². The Labute approximate surface area is 120 Å². The van der Waals surface area contributed by atoms with Crippen molar-refractivity contribution in [3.05, 3.63) is 35.5 Å². The van der Waals surface area contributed by atoms with E-state index < -0.39 is 0 Å². The number of aromatic nitrogens is 1. The van der Waals surface area contributed by atoms with Crippen molar-refractivity contribution in [3.63, 3.8) is 0 Å². The lowest BCUT2D eigenvalue weighted by Crippen LogP contribution is -2.46. The van der Waals surface area contributed by atoms with E-state index in [1.807, 2.05) is 6.07 Å². The lowest BCUT2D eigenvalue weighted by atomic mass is 10.2. The summed E-state index contributed by atoms with van der Waals surface area (Å²) in [6, 6.07) is 3.95. The number of fused-ring (bicyclic) bond motifs is 2. The standard InChI is InChI=1S/C14H14N4OS/c1-3-16-9-11-12(1)19-14-10(2-8-20-14)13(17-11)18-6-4-15-5-7-18/h1-3,8-9,15H,4-7H2. The molecular weight excluding hydrogens is 272 g/mol. The second-order valence-electron chi connectivity index (χ2n) is 4.74. The molecular formula is C14H14N4OS. The van der Waals surface area contributed by atoms with Crippen LogP contribution in [0.2, 0.25) is 0 Å². The molecule has 4 rings (SSSR count). The molecule has 0 atom stereocenters. The van der Waals surface area contributed by atoms with Crippen molar-refractivity contribution in [1.82, 2.24) is 15.2 Å². The van der Waals surface area contributed by atoms with Crippen LogP contribution in [0, 0.1) is 0 Å². The zero-order chi connectivity index (χ0) is 13.4. The van der Waals surface area contributed by atoms with E-state index in [2.05, 4.69) is 26.6 Å². The largest absolute Gasteiger partial charge is 0.444 e. The predicted octanol–water partition coefficient (Wildman–Crippen LogP) is 2.23. The van der Waals surface area contributed by atoms with Crippen LogP contribution in [0.15, 0.2) is 34.9 Å². The Hall–Kier alpha value is -1.92. The summed E-state index contributed by atoms with van der Waals surface area (Å²) in [5.74, 6) is 1.77. The lowest BCUT2D eigenvalue weighted by Gasteiger charge is -2.29. The summed E-state index contributed by atoms with van der Waals surface area (Å²) in [6.45, 7) is 3.89. The number of piperazine rings is 1. The monoisotopic (exact) mass is 286 g/mol. The van der Waals surface area contributed by atoms with Crippen molar-refractivity contribution in [2.75, 3.05) is 26.2 Å². The molecule has 102 valence electrons. The van der Waals surface area contributed by atoms with Crippen molar-refractivity contribution in [2.24, 2.45) is 4.99 Å². The van der Waals surface area contributed by atoms with Gasteiger partial charge in [0.05, 0.1) is 11.8 Å². The van der Waals surface area contributed by atoms with Crippen LogP contribution in [0.3, 0.4) is 0 Å². The first kappa shape index (κ1) is 11.9. The summed E-state index contributed by atoms with van der Waals surface area (Å²) >= 11 is 1.60. The van der Waals surface area contributed by atoms with Crippen LogP contribution in [0.4, 0.5) is 5.69 Å². The summed E-state index contributed by atoms with van der Waals surface area (Å²) in [6.07, 6.45) is 3.49. The normalized spacial score (nSPS) is 17.6. The third-order valence-corrected chi connectivity index (χ3v) is 4.27. The molecule has 0 aliphatic carbocycles. The van der Waals surface area contributed by atoms with Crippen molar-refractivity contribution in [3.8, 4) is 10.8 Å². The first-order valence-electron chi connectivity index (χ1n) is 6.66. The average molecular weight is 286 g/mol. The Morgan fingerprint density at radius 3 is 3.05 bits per heavy atom. The summed E-state index contributed by atoms with van der Waals surface area (Å²) < 4.78 is 5.99. The van der Waals surface area contributed by atoms with E-state index in [1.165, 1.54) is 0 Å². The molecule has 1 fully saturated rings. The maximum absolute atomic E-state index is 5.99. The highest BCUT2D eigenvalue weighted by Crippen LogP contribution is 2.40. The van der Waals surface area contributed by atoms with Gasteiger partial charge in [-0.15, -0.1) is 11.3 Å². The third kappa shape index (κ3) is 1.97. The fraction of sp³-hybridized carbons (Fsp3) is 0.286. The van der Waals surface area contributed by atoms with E-state index in [4.69, 9.17) is 9.73 Å². The maximum atomic E-state index is 5.99. The van der Waals surface area contributed by atoms with Crippen LogP contribution in [0.1, 0.15) is 5.56 Å². The number of thiophene rings is 1. The molecule has 0 aromatic carbocycles. The molecule has 0 amide bonds. The fourth-order valence-electron chi connectivity index (χ4n) is 2.48. The van der Waals surface area contributed by atoms with Gasteiger partial charge in [-0.25, -0.2) is 4.99 Å². The molecule has 5 nitrogen and oxygen atoms in total. The fourth-order valence-corrected chi connectivity index (χ4v) is 3.23. The van der Waals surface area contributed by atoms with E-state index in [-0.39, 0.29) is 0 Å². The SMILES string of the molecule is c1cc2c(cn1)N=C(N1CCNCC1)c1ccsc1O2. The molecule has 4 heterocycles. The van der Waals surface area contributed by atoms with Gasteiger partial charge in [-0.3, -0.25) is 4.98 Å².